The zero-order valence-corrected chi connectivity index (χ0v) is 13.2. The summed E-state index contributed by atoms with van der Waals surface area (Å²) in [6.07, 6.45) is -3.89. The van der Waals surface area contributed by atoms with Gasteiger partial charge in [-0.2, -0.15) is 13.2 Å². The van der Waals surface area contributed by atoms with Gasteiger partial charge in [-0.25, -0.2) is 0 Å². The van der Waals surface area contributed by atoms with E-state index in [-0.39, 0.29) is 19.4 Å². The van der Waals surface area contributed by atoms with E-state index in [4.69, 9.17) is 4.74 Å². The minimum absolute atomic E-state index is 0.148. The van der Waals surface area contributed by atoms with E-state index in [2.05, 4.69) is 37.2 Å². The summed E-state index contributed by atoms with van der Waals surface area (Å²) in [5, 5.41) is 2.61. The molecule has 0 spiro atoms. The van der Waals surface area contributed by atoms with Gasteiger partial charge in [0.2, 0.25) is 0 Å². The monoisotopic (exact) mass is 401 g/mol. The van der Waals surface area contributed by atoms with Crippen LogP contribution in [-0.4, -0.2) is 18.8 Å². The molecule has 2 nitrogen and oxygen atoms in total. The fourth-order valence-electron chi connectivity index (χ4n) is 1.87. The van der Waals surface area contributed by atoms with Crippen LogP contribution in [0.5, 0.6) is 5.75 Å². The molecular formula is C12H12Br2F3NO. The largest absolute Gasteiger partial charge is 0.494 e. The summed E-state index contributed by atoms with van der Waals surface area (Å²) in [4.78, 5) is 0. The Morgan fingerprint density at radius 1 is 1.26 bits per heavy atom. The molecule has 0 aromatic heterocycles. The van der Waals surface area contributed by atoms with Gasteiger partial charge in [-0.15, -0.1) is 0 Å². The smallest absolute Gasteiger partial charge is 0.406 e. The Morgan fingerprint density at radius 2 is 1.79 bits per heavy atom. The van der Waals surface area contributed by atoms with Crippen LogP contribution in [0.15, 0.2) is 21.1 Å². The predicted octanol–water partition coefficient (Wildman–Crippen LogP) is 4.40. The Labute approximate surface area is 126 Å². The first kappa shape index (κ1) is 15.1. The summed E-state index contributed by atoms with van der Waals surface area (Å²) in [6.45, 7) is 0.167. The number of hydrogen-bond acceptors (Lipinski definition) is 2. The zero-order valence-electron chi connectivity index (χ0n) is 10.1. The maximum absolute atomic E-state index is 12.8. The molecule has 1 aromatic rings. The Hall–Kier alpha value is -0.270. The van der Waals surface area contributed by atoms with Crippen molar-refractivity contribution in [3.05, 3.63) is 26.6 Å². The van der Waals surface area contributed by atoms with E-state index in [1.54, 1.807) is 12.1 Å². The van der Waals surface area contributed by atoms with E-state index in [1.165, 1.54) is 7.11 Å². The molecule has 0 bridgehead atoms. The van der Waals surface area contributed by atoms with Gasteiger partial charge in [0.15, 0.2) is 0 Å². The van der Waals surface area contributed by atoms with E-state index in [9.17, 15) is 13.2 Å². The third-order valence-corrected chi connectivity index (χ3v) is 4.36. The van der Waals surface area contributed by atoms with Crippen molar-refractivity contribution in [2.24, 2.45) is 0 Å². The van der Waals surface area contributed by atoms with Gasteiger partial charge in [0.05, 0.1) is 16.1 Å². The first-order valence-corrected chi connectivity index (χ1v) is 7.21. The van der Waals surface area contributed by atoms with Crippen molar-refractivity contribution in [3.63, 3.8) is 0 Å². The molecule has 1 aromatic carbocycles. The minimum Gasteiger partial charge on any atom is -0.494 e. The molecule has 1 aliphatic carbocycles. The topological polar surface area (TPSA) is 21.3 Å². The second-order valence-electron chi connectivity index (χ2n) is 4.53. The Morgan fingerprint density at radius 3 is 2.16 bits per heavy atom. The lowest BCUT2D eigenvalue weighted by molar-refractivity contribution is -0.166. The molecule has 7 heteroatoms. The molecule has 0 atom stereocenters. The van der Waals surface area contributed by atoms with Crippen molar-refractivity contribution in [3.8, 4) is 5.75 Å². The van der Waals surface area contributed by atoms with Crippen molar-refractivity contribution in [1.82, 2.24) is 5.32 Å². The van der Waals surface area contributed by atoms with Gasteiger partial charge in [-0.3, -0.25) is 5.32 Å². The summed E-state index contributed by atoms with van der Waals surface area (Å²) >= 11 is 6.66. The molecule has 0 amide bonds. The molecular weight excluding hydrogens is 391 g/mol. The number of halogens is 5. The Bertz CT molecular complexity index is 463. The van der Waals surface area contributed by atoms with Gasteiger partial charge in [0, 0.05) is 6.54 Å². The van der Waals surface area contributed by atoms with Gasteiger partial charge in [0.1, 0.15) is 11.3 Å². The van der Waals surface area contributed by atoms with Gasteiger partial charge < -0.3 is 4.74 Å². The van der Waals surface area contributed by atoms with Crippen LogP contribution in [0.2, 0.25) is 0 Å². The molecule has 2 rings (SSSR count). The standard InChI is InChI=1S/C12H12Br2F3NO/c1-19-10-8(13)4-7(5-9(10)14)6-18-11(2-3-11)12(15,16)17/h4-5,18H,2-3,6H2,1H3. The van der Waals surface area contributed by atoms with Crippen molar-refractivity contribution in [1.29, 1.82) is 0 Å². The molecule has 19 heavy (non-hydrogen) atoms. The van der Waals surface area contributed by atoms with Crippen molar-refractivity contribution in [2.75, 3.05) is 7.11 Å². The third kappa shape index (κ3) is 3.08. The van der Waals surface area contributed by atoms with E-state index in [1.807, 2.05) is 0 Å². The normalized spacial score (nSPS) is 17.4. The average Bonchev–Trinajstić information content (AvgIpc) is 3.06. The zero-order chi connectivity index (χ0) is 14.3. The fourth-order valence-corrected chi connectivity index (χ4v) is 3.47. The van der Waals surface area contributed by atoms with Crippen LogP contribution in [0.4, 0.5) is 13.2 Å². The quantitative estimate of drug-likeness (QED) is 0.805. The third-order valence-electron chi connectivity index (χ3n) is 3.19. The van der Waals surface area contributed by atoms with Gasteiger partial charge in [-0.1, -0.05) is 0 Å². The first-order chi connectivity index (χ1) is 8.79. The number of nitrogens with one attached hydrogen (secondary N) is 1. The molecule has 0 radical (unpaired) electrons. The lowest BCUT2D eigenvalue weighted by Crippen LogP contribution is -2.44. The van der Waals surface area contributed by atoms with Crippen LogP contribution < -0.4 is 10.1 Å². The van der Waals surface area contributed by atoms with E-state index >= 15 is 0 Å². The van der Waals surface area contributed by atoms with Crippen LogP contribution in [0.3, 0.4) is 0 Å². The highest BCUT2D eigenvalue weighted by atomic mass is 79.9. The fraction of sp³-hybridized carbons (Fsp3) is 0.500. The number of methoxy groups -OCH3 is 1. The summed E-state index contributed by atoms with van der Waals surface area (Å²) < 4.78 is 44.9. The molecule has 0 heterocycles. The summed E-state index contributed by atoms with van der Waals surface area (Å²) in [5.41, 5.74) is -0.929. The first-order valence-electron chi connectivity index (χ1n) is 5.63. The maximum Gasteiger partial charge on any atom is 0.406 e. The van der Waals surface area contributed by atoms with E-state index in [0.717, 1.165) is 5.56 Å². The van der Waals surface area contributed by atoms with Crippen LogP contribution in [-0.2, 0) is 6.54 Å². The van der Waals surface area contributed by atoms with Gasteiger partial charge in [0.25, 0.3) is 0 Å². The van der Waals surface area contributed by atoms with E-state index in [0.29, 0.717) is 14.7 Å². The van der Waals surface area contributed by atoms with Crippen molar-refractivity contribution < 1.29 is 17.9 Å². The van der Waals surface area contributed by atoms with Gasteiger partial charge in [-0.05, 0) is 62.4 Å². The number of alkyl halides is 3. The highest BCUT2D eigenvalue weighted by molar-refractivity contribution is 9.11. The second-order valence-corrected chi connectivity index (χ2v) is 6.23. The van der Waals surface area contributed by atoms with E-state index < -0.39 is 11.7 Å². The van der Waals surface area contributed by atoms with Gasteiger partial charge >= 0.3 is 6.18 Å². The predicted molar refractivity (Wildman–Crippen MR) is 73.3 cm³/mol. The average molecular weight is 403 g/mol. The Kier molecular flexibility index (Phi) is 4.18. The molecule has 0 aliphatic heterocycles. The maximum atomic E-state index is 12.8. The lowest BCUT2D eigenvalue weighted by Gasteiger charge is -2.21. The van der Waals surface area contributed by atoms with Crippen LogP contribution in [0.1, 0.15) is 18.4 Å². The molecule has 1 saturated carbocycles. The SMILES string of the molecule is COc1c(Br)cc(CNC2(C(F)(F)F)CC2)cc1Br. The van der Waals surface area contributed by atoms with Crippen molar-refractivity contribution >= 4 is 31.9 Å². The summed E-state index contributed by atoms with van der Waals surface area (Å²) in [5.74, 6) is 0.626. The summed E-state index contributed by atoms with van der Waals surface area (Å²) in [7, 11) is 1.53. The molecule has 1 N–H and O–H groups in total. The number of benzene rings is 1. The molecule has 1 aliphatic rings. The van der Waals surface area contributed by atoms with Crippen LogP contribution in [0, 0.1) is 0 Å². The van der Waals surface area contributed by atoms with Crippen molar-refractivity contribution in [2.45, 2.75) is 31.1 Å². The second kappa shape index (κ2) is 5.26. The highest BCUT2D eigenvalue weighted by Crippen LogP contribution is 2.49. The number of rotatable bonds is 4. The molecule has 106 valence electrons. The number of hydrogen-bond donors (Lipinski definition) is 1. The summed E-state index contributed by atoms with van der Waals surface area (Å²) in [6, 6.07) is 3.51. The van der Waals surface area contributed by atoms with Crippen LogP contribution in [0.25, 0.3) is 0 Å². The number of ether oxygens (including phenoxy) is 1. The lowest BCUT2D eigenvalue weighted by atomic mass is 10.2. The Balaban J connectivity index is 2.09. The minimum atomic E-state index is -4.19. The molecule has 0 unspecified atom stereocenters. The molecule has 0 saturated heterocycles. The highest BCUT2D eigenvalue weighted by Gasteiger charge is 2.62. The van der Waals surface area contributed by atoms with Crippen LogP contribution >= 0.6 is 31.9 Å². The molecule has 1 fully saturated rings.